The van der Waals surface area contributed by atoms with Gasteiger partial charge in [-0.1, -0.05) is 13.0 Å². The summed E-state index contributed by atoms with van der Waals surface area (Å²) in [5.41, 5.74) is 2.41. The first-order valence-electron chi connectivity index (χ1n) is 6.79. The maximum Gasteiger partial charge on any atom is 0.0547 e. The monoisotopic (exact) mass is 249 g/mol. The zero-order valence-electron chi connectivity index (χ0n) is 12.5. The van der Waals surface area contributed by atoms with Gasteiger partial charge in [0, 0.05) is 18.6 Å². The van der Waals surface area contributed by atoms with Gasteiger partial charge in [0.15, 0.2) is 0 Å². The van der Waals surface area contributed by atoms with E-state index in [1.54, 1.807) is 0 Å². The maximum absolute atomic E-state index is 4.69. The number of pyridine rings is 1. The average Bonchev–Trinajstić information content (AvgIpc) is 2.26. The second-order valence-corrected chi connectivity index (χ2v) is 5.96. The summed E-state index contributed by atoms with van der Waals surface area (Å²) < 4.78 is 0. The van der Waals surface area contributed by atoms with E-state index in [0.29, 0.717) is 0 Å². The van der Waals surface area contributed by atoms with E-state index in [9.17, 15) is 0 Å². The van der Waals surface area contributed by atoms with Crippen molar-refractivity contribution in [3.8, 4) is 0 Å². The Morgan fingerprint density at radius 2 is 1.89 bits per heavy atom. The molecule has 1 heterocycles. The molecule has 0 amide bonds. The van der Waals surface area contributed by atoms with Gasteiger partial charge in [0.1, 0.15) is 0 Å². The van der Waals surface area contributed by atoms with Gasteiger partial charge in [0.2, 0.25) is 0 Å². The molecule has 102 valence electrons. The molecule has 0 fully saturated rings. The summed E-state index contributed by atoms with van der Waals surface area (Å²) in [5, 5.41) is 3.47. The van der Waals surface area contributed by atoms with Crippen molar-refractivity contribution >= 4 is 0 Å². The van der Waals surface area contributed by atoms with Crippen molar-refractivity contribution in [3.63, 3.8) is 0 Å². The van der Waals surface area contributed by atoms with Crippen LogP contribution < -0.4 is 5.32 Å². The Morgan fingerprint density at radius 3 is 2.50 bits per heavy atom. The Balaban J connectivity index is 2.56. The van der Waals surface area contributed by atoms with Gasteiger partial charge in [-0.3, -0.25) is 4.98 Å². The summed E-state index contributed by atoms with van der Waals surface area (Å²) in [7, 11) is 2.14. The highest BCUT2D eigenvalue weighted by Crippen LogP contribution is 2.05. The lowest BCUT2D eigenvalue weighted by molar-refractivity contribution is 0.323. The Kier molecular flexibility index (Phi) is 5.76. The number of hydrogen-bond donors (Lipinski definition) is 1. The molecule has 0 saturated heterocycles. The number of rotatable bonds is 6. The molecule has 0 aliphatic rings. The van der Waals surface area contributed by atoms with Crippen LogP contribution in [0.15, 0.2) is 18.2 Å². The van der Waals surface area contributed by atoms with E-state index in [1.807, 2.05) is 0 Å². The number of nitrogens with zero attached hydrogens (tertiary/aromatic N) is 2. The van der Waals surface area contributed by atoms with Crippen molar-refractivity contribution in [1.82, 2.24) is 15.2 Å². The normalized spacial score (nSPS) is 12.1. The molecule has 0 saturated carbocycles. The van der Waals surface area contributed by atoms with Crippen LogP contribution in [0.1, 0.15) is 45.5 Å². The highest BCUT2D eigenvalue weighted by molar-refractivity contribution is 5.11. The second-order valence-electron chi connectivity index (χ2n) is 5.96. The highest BCUT2D eigenvalue weighted by Gasteiger charge is 2.09. The fraction of sp³-hybridized carbons (Fsp3) is 0.667. The Bertz CT molecular complexity index is 355. The van der Waals surface area contributed by atoms with E-state index >= 15 is 0 Å². The lowest BCUT2D eigenvalue weighted by Crippen LogP contribution is -2.35. The summed E-state index contributed by atoms with van der Waals surface area (Å²) in [6.07, 6.45) is 1.18. The minimum atomic E-state index is 0.136. The molecule has 3 nitrogen and oxygen atoms in total. The van der Waals surface area contributed by atoms with Crippen LogP contribution in [-0.4, -0.2) is 29.0 Å². The first-order valence-corrected chi connectivity index (χ1v) is 6.79. The highest BCUT2D eigenvalue weighted by atomic mass is 15.1. The van der Waals surface area contributed by atoms with Crippen molar-refractivity contribution in [2.75, 3.05) is 13.6 Å². The summed E-state index contributed by atoms with van der Waals surface area (Å²) in [6, 6.07) is 6.29. The lowest BCUT2D eigenvalue weighted by atomic mass is 10.1. The smallest absolute Gasteiger partial charge is 0.0547 e. The van der Waals surface area contributed by atoms with E-state index in [2.05, 4.69) is 63.2 Å². The number of nitrogens with one attached hydrogen (secondary N) is 1. The van der Waals surface area contributed by atoms with Gasteiger partial charge in [-0.05, 0) is 52.9 Å². The van der Waals surface area contributed by atoms with Crippen LogP contribution in [0.2, 0.25) is 0 Å². The summed E-state index contributed by atoms with van der Waals surface area (Å²) >= 11 is 0. The molecule has 1 aromatic rings. The number of hydrogen-bond acceptors (Lipinski definition) is 3. The van der Waals surface area contributed by atoms with Gasteiger partial charge in [0.25, 0.3) is 0 Å². The summed E-state index contributed by atoms with van der Waals surface area (Å²) in [5.74, 6) is 0. The third-order valence-corrected chi connectivity index (χ3v) is 2.70. The number of aromatic nitrogens is 1. The van der Waals surface area contributed by atoms with Gasteiger partial charge in [-0.15, -0.1) is 0 Å². The molecule has 0 radical (unpaired) electrons. The van der Waals surface area contributed by atoms with Crippen molar-refractivity contribution < 1.29 is 0 Å². The molecule has 0 spiro atoms. The first-order chi connectivity index (χ1) is 8.40. The summed E-state index contributed by atoms with van der Waals surface area (Å²) in [4.78, 5) is 7.00. The summed E-state index contributed by atoms with van der Waals surface area (Å²) in [6.45, 7) is 11.6. The van der Waals surface area contributed by atoms with Crippen LogP contribution in [0.3, 0.4) is 0 Å². The fourth-order valence-electron chi connectivity index (χ4n) is 1.81. The molecule has 18 heavy (non-hydrogen) atoms. The van der Waals surface area contributed by atoms with E-state index in [4.69, 9.17) is 4.98 Å². The van der Waals surface area contributed by atoms with Crippen LogP contribution in [0, 0.1) is 0 Å². The molecule has 1 rings (SSSR count). The predicted molar refractivity (Wildman–Crippen MR) is 77.5 cm³/mol. The van der Waals surface area contributed by atoms with Crippen molar-refractivity contribution in [2.24, 2.45) is 0 Å². The Morgan fingerprint density at radius 1 is 1.22 bits per heavy atom. The Labute approximate surface area is 112 Å². The first kappa shape index (κ1) is 15.1. The quantitative estimate of drug-likeness (QED) is 0.840. The molecule has 0 aliphatic heterocycles. The minimum absolute atomic E-state index is 0.136. The molecule has 3 heteroatoms. The molecular formula is C15H27N3. The zero-order chi connectivity index (χ0) is 13.6. The Hall–Kier alpha value is -0.930. The van der Waals surface area contributed by atoms with Crippen molar-refractivity contribution in [2.45, 2.75) is 52.7 Å². The van der Waals surface area contributed by atoms with Crippen molar-refractivity contribution in [3.05, 3.63) is 29.6 Å². The van der Waals surface area contributed by atoms with Crippen LogP contribution in [-0.2, 0) is 13.1 Å². The van der Waals surface area contributed by atoms with Gasteiger partial charge < -0.3 is 10.2 Å². The van der Waals surface area contributed by atoms with Crippen LogP contribution in [0.5, 0.6) is 0 Å². The molecular weight excluding hydrogens is 222 g/mol. The zero-order valence-corrected chi connectivity index (χ0v) is 12.5. The lowest BCUT2D eigenvalue weighted by Gasteiger charge is -2.20. The van der Waals surface area contributed by atoms with E-state index in [1.165, 1.54) is 6.42 Å². The molecule has 0 atom stereocenters. The molecule has 0 aliphatic carbocycles. The van der Waals surface area contributed by atoms with Crippen LogP contribution >= 0.6 is 0 Å². The van der Waals surface area contributed by atoms with E-state index < -0.39 is 0 Å². The van der Waals surface area contributed by atoms with Gasteiger partial charge in [-0.25, -0.2) is 0 Å². The van der Waals surface area contributed by atoms with Crippen LogP contribution in [0.4, 0.5) is 0 Å². The largest absolute Gasteiger partial charge is 0.306 e. The van der Waals surface area contributed by atoms with Gasteiger partial charge in [0.05, 0.1) is 11.4 Å². The van der Waals surface area contributed by atoms with Gasteiger partial charge >= 0.3 is 0 Å². The standard InChI is InChI=1S/C15H27N3/c1-6-10-18(5)12-14-9-7-8-13(17-14)11-16-15(2,3)4/h7-9,16H,6,10-12H2,1-5H3. The molecule has 0 aromatic carbocycles. The minimum Gasteiger partial charge on any atom is -0.306 e. The predicted octanol–water partition coefficient (Wildman–Crippen LogP) is 2.81. The topological polar surface area (TPSA) is 28.2 Å². The fourth-order valence-corrected chi connectivity index (χ4v) is 1.81. The van der Waals surface area contributed by atoms with E-state index in [-0.39, 0.29) is 5.54 Å². The average molecular weight is 249 g/mol. The molecule has 1 aromatic heterocycles. The SMILES string of the molecule is CCCN(C)Cc1cccc(CNC(C)(C)C)n1. The van der Waals surface area contributed by atoms with Gasteiger partial charge in [-0.2, -0.15) is 0 Å². The third-order valence-electron chi connectivity index (χ3n) is 2.70. The van der Waals surface area contributed by atoms with Crippen molar-refractivity contribution in [1.29, 1.82) is 0 Å². The molecule has 0 unspecified atom stereocenters. The molecule has 0 bridgehead atoms. The maximum atomic E-state index is 4.69. The second kappa shape index (κ2) is 6.86. The van der Waals surface area contributed by atoms with Crippen LogP contribution in [0.25, 0.3) is 0 Å². The third kappa shape index (κ3) is 6.12. The van der Waals surface area contributed by atoms with E-state index in [0.717, 1.165) is 31.0 Å². The molecule has 1 N–H and O–H groups in total.